The highest BCUT2D eigenvalue weighted by atomic mass is 16.5. The van der Waals surface area contributed by atoms with Crippen LogP contribution in [0.25, 0.3) is 10.9 Å². The van der Waals surface area contributed by atoms with E-state index in [2.05, 4.69) is 16.3 Å². The zero-order valence-electron chi connectivity index (χ0n) is 15.9. The third-order valence-electron chi connectivity index (χ3n) is 4.81. The Morgan fingerprint density at radius 3 is 2.75 bits per heavy atom. The summed E-state index contributed by atoms with van der Waals surface area (Å²) in [4.78, 5) is 19.4. The van der Waals surface area contributed by atoms with Crippen LogP contribution >= 0.6 is 0 Å². The third kappa shape index (κ3) is 4.01. The molecule has 4 rings (SSSR count). The molecular weight excluding hydrogens is 354 g/mol. The Bertz CT molecular complexity index is 984. The topological polar surface area (TPSA) is 63.7 Å². The highest BCUT2D eigenvalue weighted by Crippen LogP contribution is 2.28. The number of nitrogens with zero attached hydrogens (tertiary/aromatic N) is 2. The number of fused-ring (bicyclic) bond motifs is 1. The highest BCUT2D eigenvalue weighted by molar-refractivity contribution is 5.92. The number of rotatable bonds is 6. The lowest BCUT2D eigenvalue weighted by molar-refractivity contribution is -0.118. The minimum atomic E-state index is -0.235. The fourth-order valence-corrected chi connectivity index (χ4v) is 3.39. The van der Waals surface area contributed by atoms with Crippen LogP contribution in [-0.2, 0) is 4.79 Å². The number of carbonyl (C=O) groups is 1. The van der Waals surface area contributed by atoms with Crippen molar-refractivity contribution in [3.05, 3.63) is 54.6 Å². The van der Waals surface area contributed by atoms with Crippen LogP contribution in [0.15, 0.2) is 54.6 Å². The van der Waals surface area contributed by atoms with Gasteiger partial charge in [-0.2, -0.15) is 0 Å². The van der Waals surface area contributed by atoms with Crippen molar-refractivity contribution in [3.8, 4) is 11.5 Å². The molecule has 6 nitrogen and oxygen atoms in total. The van der Waals surface area contributed by atoms with Gasteiger partial charge in [0.2, 0.25) is 0 Å². The molecule has 2 heterocycles. The maximum atomic E-state index is 12.3. The quantitative estimate of drug-likeness (QED) is 0.707. The number of ether oxygens (including phenoxy) is 2. The first kappa shape index (κ1) is 18.1. The summed E-state index contributed by atoms with van der Waals surface area (Å²) in [6, 6.07) is 17.1. The maximum absolute atomic E-state index is 12.3. The van der Waals surface area contributed by atoms with Gasteiger partial charge in [-0.1, -0.05) is 18.2 Å². The first-order valence-corrected chi connectivity index (χ1v) is 9.44. The van der Waals surface area contributed by atoms with Crippen LogP contribution in [0.4, 0.5) is 11.5 Å². The molecule has 0 aliphatic carbocycles. The molecule has 1 N–H and O–H groups in total. The summed E-state index contributed by atoms with van der Waals surface area (Å²) in [6.07, 6.45) is 2.39. The van der Waals surface area contributed by atoms with Crippen molar-refractivity contribution in [1.82, 2.24) is 4.98 Å². The number of pyridine rings is 1. The average molecular weight is 377 g/mol. The second-order valence-corrected chi connectivity index (χ2v) is 6.76. The molecular formula is C22H23N3O3. The van der Waals surface area contributed by atoms with Crippen molar-refractivity contribution in [2.45, 2.75) is 12.8 Å². The van der Waals surface area contributed by atoms with E-state index in [1.807, 2.05) is 42.5 Å². The molecule has 28 heavy (non-hydrogen) atoms. The zero-order chi connectivity index (χ0) is 19.3. The zero-order valence-corrected chi connectivity index (χ0v) is 15.9. The van der Waals surface area contributed by atoms with Gasteiger partial charge in [0.15, 0.2) is 6.61 Å². The van der Waals surface area contributed by atoms with E-state index in [-0.39, 0.29) is 12.5 Å². The van der Waals surface area contributed by atoms with Crippen molar-refractivity contribution < 1.29 is 14.3 Å². The standard InChI is InChI=1S/C22H23N3O3/c1-27-18-8-5-7-17(14-18)23-21(26)15-28-19-9-4-6-16-10-11-20(24-22(16)19)25-12-2-3-13-25/h4-11,14H,2-3,12-13,15H2,1H3,(H,23,26). The molecule has 6 heteroatoms. The van der Waals surface area contributed by atoms with Crippen LogP contribution in [0, 0.1) is 0 Å². The van der Waals surface area contributed by atoms with Gasteiger partial charge >= 0.3 is 0 Å². The van der Waals surface area contributed by atoms with E-state index in [1.54, 1.807) is 13.2 Å². The molecule has 144 valence electrons. The van der Waals surface area contributed by atoms with Crippen LogP contribution in [0.2, 0.25) is 0 Å². The number of benzene rings is 2. The summed E-state index contributed by atoms with van der Waals surface area (Å²) < 4.78 is 11.0. The smallest absolute Gasteiger partial charge is 0.262 e. The van der Waals surface area contributed by atoms with Gasteiger partial charge in [-0.3, -0.25) is 4.79 Å². The largest absolute Gasteiger partial charge is 0.497 e. The fourth-order valence-electron chi connectivity index (χ4n) is 3.39. The van der Waals surface area contributed by atoms with Gasteiger partial charge in [0.05, 0.1) is 7.11 Å². The number of para-hydroxylation sites is 1. The molecule has 1 aliphatic rings. The molecule has 1 amide bonds. The molecule has 0 saturated carbocycles. The number of amides is 1. The number of nitrogens with one attached hydrogen (secondary N) is 1. The predicted octanol–water partition coefficient (Wildman–Crippen LogP) is 3.86. The van der Waals surface area contributed by atoms with Crippen LogP contribution in [-0.4, -0.2) is 37.7 Å². The van der Waals surface area contributed by atoms with Crippen molar-refractivity contribution in [1.29, 1.82) is 0 Å². The molecule has 1 aliphatic heterocycles. The second-order valence-electron chi connectivity index (χ2n) is 6.76. The van der Waals surface area contributed by atoms with E-state index in [0.29, 0.717) is 17.2 Å². The van der Waals surface area contributed by atoms with Gasteiger partial charge in [-0.25, -0.2) is 4.98 Å². The Hall–Kier alpha value is -3.28. The second kappa shape index (κ2) is 8.17. The van der Waals surface area contributed by atoms with E-state index < -0.39 is 0 Å². The summed E-state index contributed by atoms with van der Waals surface area (Å²) in [5.74, 6) is 2.02. The minimum absolute atomic E-state index is 0.0913. The minimum Gasteiger partial charge on any atom is -0.497 e. The SMILES string of the molecule is COc1cccc(NC(=O)COc2cccc3ccc(N4CCCC4)nc23)c1. The first-order valence-electron chi connectivity index (χ1n) is 9.44. The van der Waals surface area contributed by atoms with Crippen molar-refractivity contribution in [2.75, 3.05) is 37.0 Å². The molecule has 1 saturated heterocycles. The lowest BCUT2D eigenvalue weighted by Gasteiger charge is -2.17. The summed E-state index contributed by atoms with van der Waals surface area (Å²) in [5.41, 5.74) is 1.45. The molecule has 0 atom stereocenters. The number of carbonyl (C=O) groups excluding carboxylic acids is 1. The maximum Gasteiger partial charge on any atom is 0.262 e. The lowest BCUT2D eigenvalue weighted by Crippen LogP contribution is -2.20. The van der Waals surface area contributed by atoms with Gasteiger partial charge in [0.1, 0.15) is 22.8 Å². The molecule has 0 unspecified atom stereocenters. The monoisotopic (exact) mass is 377 g/mol. The van der Waals surface area contributed by atoms with Crippen LogP contribution in [0.1, 0.15) is 12.8 Å². The Kier molecular flexibility index (Phi) is 5.28. The first-order chi connectivity index (χ1) is 13.7. The normalized spacial score (nSPS) is 13.5. The van der Waals surface area contributed by atoms with E-state index >= 15 is 0 Å². The third-order valence-corrected chi connectivity index (χ3v) is 4.81. The highest BCUT2D eigenvalue weighted by Gasteiger charge is 2.15. The number of methoxy groups -OCH3 is 1. The van der Waals surface area contributed by atoms with E-state index in [0.717, 1.165) is 29.8 Å². The number of aromatic nitrogens is 1. The molecule has 1 fully saturated rings. The van der Waals surface area contributed by atoms with Gasteiger partial charge in [-0.15, -0.1) is 0 Å². The number of hydrogen-bond donors (Lipinski definition) is 1. The molecule has 2 aromatic carbocycles. The van der Waals surface area contributed by atoms with E-state index in [9.17, 15) is 4.79 Å². The van der Waals surface area contributed by atoms with Crippen LogP contribution in [0.5, 0.6) is 11.5 Å². The summed E-state index contributed by atoms with van der Waals surface area (Å²) in [5, 5.41) is 3.81. The summed E-state index contributed by atoms with van der Waals surface area (Å²) >= 11 is 0. The van der Waals surface area contributed by atoms with Crippen LogP contribution < -0.4 is 19.7 Å². The van der Waals surface area contributed by atoms with Crippen molar-refractivity contribution in [2.24, 2.45) is 0 Å². The molecule has 0 spiro atoms. The number of anilines is 2. The van der Waals surface area contributed by atoms with Crippen molar-refractivity contribution >= 4 is 28.3 Å². The van der Waals surface area contributed by atoms with Gasteiger partial charge in [-0.05, 0) is 43.2 Å². The van der Waals surface area contributed by atoms with Gasteiger partial charge in [0, 0.05) is 30.2 Å². The Balaban J connectivity index is 1.47. The Morgan fingerprint density at radius 2 is 1.93 bits per heavy atom. The van der Waals surface area contributed by atoms with Crippen molar-refractivity contribution in [3.63, 3.8) is 0 Å². The summed E-state index contributed by atoms with van der Waals surface area (Å²) in [6.45, 7) is 1.97. The van der Waals surface area contributed by atoms with E-state index in [1.165, 1.54) is 12.8 Å². The summed E-state index contributed by atoms with van der Waals surface area (Å²) in [7, 11) is 1.59. The number of hydrogen-bond acceptors (Lipinski definition) is 5. The Morgan fingerprint density at radius 1 is 1.11 bits per heavy atom. The molecule has 0 bridgehead atoms. The Labute approximate surface area is 164 Å². The average Bonchev–Trinajstić information content (AvgIpc) is 3.27. The fraction of sp³-hybridized carbons (Fsp3) is 0.273. The predicted molar refractivity (Wildman–Crippen MR) is 110 cm³/mol. The molecule has 0 radical (unpaired) electrons. The molecule has 1 aromatic heterocycles. The van der Waals surface area contributed by atoms with Gasteiger partial charge < -0.3 is 19.7 Å². The van der Waals surface area contributed by atoms with E-state index in [4.69, 9.17) is 14.5 Å². The van der Waals surface area contributed by atoms with Crippen LogP contribution in [0.3, 0.4) is 0 Å². The molecule has 3 aromatic rings. The lowest BCUT2D eigenvalue weighted by atomic mass is 10.2. The van der Waals surface area contributed by atoms with Gasteiger partial charge in [0.25, 0.3) is 5.91 Å².